The van der Waals surface area contributed by atoms with Gasteiger partial charge in [0.2, 0.25) is 0 Å². The van der Waals surface area contributed by atoms with Gasteiger partial charge in [-0.2, -0.15) is 0 Å². The average Bonchev–Trinajstić information content (AvgIpc) is 3.81. The third kappa shape index (κ3) is 12.9. The highest BCUT2D eigenvalue weighted by Crippen LogP contribution is 2.27. The average molecular weight is 815 g/mol. The van der Waals surface area contributed by atoms with Crippen LogP contribution in [0.3, 0.4) is 0 Å². The predicted molar refractivity (Wildman–Crippen MR) is 214 cm³/mol. The van der Waals surface area contributed by atoms with Crippen molar-refractivity contribution in [2.45, 2.75) is 39.2 Å². The summed E-state index contributed by atoms with van der Waals surface area (Å²) >= 11 is 23.8. The van der Waals surface area contributed by atoms with E-state index in [-0.39, 0.29) is 18.2 Å². The molecule has 0 aromatic heterocycles. The molecule has 2 unspecified atom stereocenters. The Kier molecular flexibility index (Phi) is 15.0. The number of piperazine rings is 2. The van der Waals surface area contributed by atoms with Crippen molar-refractivity contribution >= 4 is 75.9 Å². The number of nitrogens with zero attached hydrogens (tertiary/aromatic N) is 5. The van der Waals surface area contributed by atoms with E-state index in [4.69, 9.17) is 51.1 Å². The predicted octanol–water partition coefficient (Wildman–Crippen LogP) is 7.15. The maximum absolute atomic E-state index is 12.5. The van der Waals surface area contributed by atoms with Crippen molar-refractivity contribution in [3.8, 4) is 0 Å². The van der Waals surface area contributed by atoms with E-state index in [9.17, 15) is 14.4 Å². The van der Waals surface area contributed by atoms with Crippen molar-refractivity contribution in [2.75, 3.05) is 102 Å². The van der Waals surface area contributed by atoms with E-state index < -0.39 is 5.60 Å². The number of nitrogens with one attached hydrogen (secondary N) is 3. The molecule has 0 aliphatic carbocycles. The SMILES string of the molecule is CC(C)(C)OC(=O)N1CCC(CN2CCN(C(=O)Nc3ccc(Cl)c(Cl)c3)CC2)C1.O=C(Nc1ccc(Cl)c(Cl)c1)N1CCN(CC2CCNC2)CC1. The van der Waals surface area contributed by atoms with Gasteiger partial charge in [0, 0.05) is 89.9 Å². The van der Waals surface area contributed by atoms with Crippen LogP contribution in [0.1, 0.15) is 33.6 Å². The molecule has 2 aromatic rings. The fourth-order valence-corrected chi connectivity index (χ4v) is 7.49. The molecule has 0 bridgehead atoms. The minimum absolute atomic E-state index is 0.0782. The van der Waals surface area contributed by atoms with Gasteiger partial charge in [-0.3, -0.25) is 9.80 Å². The molecule has 2 aromatic carbocycles. The molecule has 5 amide bonds. The van der Waals surface area contributed by atoms with Gasteiger partial charge in [-0.15, -0.1) is 0 Å². The summed E-state index contributed by atoms with van der Waals surface area (Å²) in [6.45, 7) is 17.8. The van der Waals surface area contributed by atoms with Crippen molar-refractivity contribution in [1.29, 1.82) is 0 Å². The van der Waals surface area contributed by atoms with E-state index in [0.717, 1.165) is 90.9 Å². The highest BCUT2D eigenvalue weighted by Gasteiger charge is 2.32. The van der Waals surface area contributed by atoms with Crippen LogP contribution in [0.15, 0.2) is 36.4 Å². The number of likely N-dealkylation sites (tertiary alicyclic amines) is 1. The fraction of sp³-hybridized carbons (Fsp3) is 0.595. The number of urea groups is 2. The van der Waals surface area contributed by atoms with Crippen LogP contribution in [0.4, 0.5) is 25.8 Å². The lowest BCUT2D eigenvalue weighted by Crippen LogP contribution is -2.51. The molecule has 4 heterocycles. The summed E-state index contributed by atoms with van der Waals surface area (Å²) in [6, 6.07) is 9.95. The zero-order chi connectivity index (χ0) is 38.1. The summed E-state index contributed by atoms with van der Waals surface area (Å²) in [5.41, 5.74) is 0.831. The van der Waals surface area contributed by atoms with Crippen molar-refractivity contribution in [3.63, 3.8) is 0 Å². The van der Waals surface area contributed by atoms with Crippen LogP contribution in [-0.2, 0) is 4.74 Å². The summed E-state index contributed by atoms with van der Waals surface area (Å²) in [7, 11) is 0. The van der Waals surface area contributed by atoms with Gasteiger partial charge in [0.1, 0.15) is 5.60 Å². The monoisotopic (exact) mass is 812 g/mol. The number of hydrogen-bond acceptors (Lipinski definition) is 7. The Morgan fingerprint density at radius 2 is 1.17 bits per heavy atom. The molecule has 53 heavy (non-hydrogen) atoms. The Labute approximate surface area is 333 Å². The van der Waals surface area contributed by atoms with Crippen LogP contribution in [0, 0.1) is 11.8 Å². The molecule has 6 rings (SSSR count). The zero-order valence-electron chi connectivity index (χ0n) is 30.8. The first-order valence-electron chi connectivity index (χ1n) is 18.4. The second-order valence-corrected chi connectivity index (χ2v) is 16.8. The summed E-state index contributed by atoms with van der Waals surface area (Å²) < 4.78 is 5.47. The van der Waals surface area contributed by atoms with Crippen LogP contribution in [-0.4, -0.2) is 140 Å². The molecule has 3 N–H and O–H groups in total. The van der Waals surface area contributed by atoms with E-state index in [0.29, 0.717) is 50.5 Å². The Balaban J connectivity index is 0.000000211. The first-order chi connectivity index (χ1) is 25.2. The Hall–Kier alpha value is -2.71. The van der Waals surface area contributed by atoms with E-state index in [1.54, 1.807) is 46.2 Å². The Morgan fingerprint density at radius 3 is 1.60 bits per heavy atom. The van der Waals surface area contributed by atoms with Gasteiger partial charge >= 0.3 is 18.2 Å². The van der Waals surface area contributed by atoms with Gasteiger partial charge in [0.05, 0.1) is 20.1 Å². The van der Waals surface area contributed by atoms with Gasteiger partial charge in [-0.1, -0.05) is 46.4 Å². The number of hydrogen-bond donors (Lipinski definition) is 3. The highest BCUT2D eigenvalue weighted by atomic mass is 35.5. The van der Waals surface area contributed by atoms with E-state index in [2.05, 4.69) is 25.8 Å². The minimum Gasteiger partial charge on any atom is -0.444 e. The van der Waals surface area contributed by atoms with Crippen LogP contribution in [0.25, 0.3) is 0 Å². The van der Waals surface area contributed by atoms with Crippen LogP contribution in [0.2, 0.25) is 20.1 Å². The molecule has 4 aliphatic rings. The largest absolute Gasteiger partial charge is 0.444 e. The van der Waals surface area contributed by atoms with Gasteiger partial charge in [-0.25, -0.2) is 14.4 Å². The molecule has 16 heteroatoms. The number of halogens is 4. The normalized spacial score (nSPS) is 21.2. The van der Waals surface area contributed by atoms with Crippen LogP contribution in [0.5, 0.6) is 0 Å². The van der Waals surface area contributed by atoms with Gasteiger partial charge < -0.3 is 35.4 Å². The lowest BCUT2D eigenvalue weighted by atomic mass is 10.1. The number of carbonyl (C=O) groups is 3. The molecule has 12 nitrogen and oxygen atoms in total. The minimum atomic E-state index is -0.469. The van der Waals surface area contributed by atoms with Gasteiger partial charge in [0.25, 0.3) is 0 Å². The maximum Gasteiger partial charge on any atom is 0.410 e. The van der Waals surface area contributed by atoms with Crippen molar-refractivity contribution in [2.24, 2.45) is 11.8 Å². The number of rotatable bonds is 6. The third-order valence-electron chi connectivity index (χ3n) is 9.79. The summed E-state index contributed by atoms with van der Waals surface area (Å²) in [5.74, 6) is 1.20. The Bertz CT molecular complexity index is 1560. The van der Waals surface area contributed by atoms with Crippen molar-refractivity contribution in [1.82, 2.24) is 29.8 Å². The molecule has 2 atom stereocenters. The number of anilines is 2. The number of carbonyl (C=O) groups excluding carboxylic acids is 3. The van der Waals surface area contributed by atoms with Crippen LogP contribution >= 0.6 is 46.4 Å². The lowest BCUT2D eigenvalue weighted by Gasteiger charge is -2.35. The van der Waals surface area contributed by atoms with Gasteiger partial charge in [-0.05, 0) is 94.9 Å². The smallest absolute Gasteiger partial charge is 0.410 e. The highest BCUT2D eigenvalue weighted by molar-refractivity contribution is 6.42. The molecular weight excluding hydrogens is 762 g/mol. The number of benzene rings is 2. The molecule has 0 spiro atoms. The van der Waals surface area contributed by atoms with Crippen molar-refractivity contribution in [3.05, 3.63) is 56.5 Å². The van der Waals surface area contributed by atoms with E-state index >= 15 is 0 Å². The molecule has 4 saturated heterocycles. The molecule has 4 fully saturated rings. The number of amides is 5. The molecule has 0 saturated carbocycles. The summed E-state index contributed by atoms with van der Waals surface area (Å²) in [6.07, 6.45) is 2.02. The maximum atomic E-state index is 12.5. The van der Waals surface area contributed by atoms with E-state index in [1.807, 2.05) is 25.7 Å². The van der Waals surface area contributed by atoms with Gasteiger partial charge in [0.15, 0.2) is 0 Å². The summed E-state index contributed by atoms with van der Waals surface area (Å²) in [4.78, 5) is 47.4. The van der Waals surface area contributed by atoms with Crippen LogP contribution < -0.4 is 16.0 Å². The second-order valence-electron chi connectivity index (χ2n) is 15.1. The van der Waals surface area contributed by atoms with E-state index in [1.165, 1.54) is 6.42 Å². The first-order valence-corrected chi connectivity index (χ1v) is 19.9. The first kappa shape index (κ1) is 41.5. The quantitative estimate of drug-likeness (QED) is 0.284. The fourth-order valence-electron chi connectivity index (χ4n) is 6.89. The molecule has 0 radical (unpaired) electrons. The number of ether oxygens (including phenoxy) is 1. The topological polar surface area (TPSA) is 113 Å². The van der Waals surface area contributed by atoms with Crippen molar-refractivity contribution < 1.29 is 19.1 Å². The Morgan fingerprint density at radius 1 is 0.679 bits per heavy atom. The summed E-state index contributed by atoms with van der Waals surface area (Å²) in [5, 5.41) is 11.0. The standard InChI is InChI=1S/C21H30Cl2N4O3.C16H22Cl2N4O/c1-21(2,3)30-20(29)27-7-6-15(14-27)13-25-8-10-26(11-9-25)19(28)24-16-4-5-17(22)18(23)12-16;17-14-2-1-13(9-15(14)18)20-16(23)22-7-5-21(6-8-22)11-12-3-4-19-10-12/h4-5,12,15H,6-11,13-14H2,1-3H3,(H,24,28);1-2,9,12,19H,3-8,10-11H2,(H,20,23). The molecule has 292 valence electrons. The molecule has 4 aliphatic heterocycles. The third-order valence-corrected chi connectivity index (χ3v) is 11.3. The lowest BCUT2D eigenvalue weighted by molar-refractivity contribution is 0.0283. The zero-order valence-corrected chi connectivity index (χ0v) is 33.8. The second kappa shape index (κ2) is 19.2. The molecular formula is C37H52Cl4N8O4.